The zero-order valence-electron chi connectivity index (χ0n) is 12.0. The van der Waals surface area contributed by atoms with Crippen molar-refractivity contribution < 1.29 is 0 Å². The maximum Gasteiger partial charge on any atom is 0.161 e. The number of hydrogen-bond donors (Lipinski definition) is 0. The molecule has 0 saturated heterocycles. The molecule has 2 aromatic carbocycles. The van der Waals surface area contributed by atoms with E-state index in [-0.39, 0.29) is 0 Å². The maximum atomic E-state index is 6.36. The van der Waals surface area contributed by atoms with Crippen LogP contribution in [0, 0.1) is 20.8 Å². The molecule has 0 radical (unpaired) electrons. The Bertz CT molecular complexity index is 839. The highest BCUT2D eigenvalue weighted by Crippen LogP contribution is 2.31. The van der Waals surface area contributed by atoms with Gasteiger partial charge < -0.3 is 0 Å². The molecule has 0 atom stereocenters. The lowest BCUT2D eigenvalue weighted by Crippen LogP contribution is -1.94. The van der Waals surface area contributed by atoms with Gasteiger partial charge in [-0.25, -0.2) is 9.97 Å². The van der Waals surface area contributed by atoms with Crippen LogP contribution in [-0.2, 0) is 0 Å². The summed E-state index contributed by atoms with van der Waals surface area (Å²) in [6.07, 6.45) is 0. The molecule has 0 spiro atoms. The Morgan fingerprint density at radius 2 is 1.48 bits per heavy atom. The SMILES string of the molecule is Cc1cc(C)cc(-c2nc(Cl)c3cc(C)cc(Br)c3n2)c1. The lowest BCUT2D eigenvalue weighted by atomic mass is 10.1. The van der Waals surface area contributed by atoms with E-state index < -0.39 is 0 Å². The molecule has 0 aliphatic carbocycles. The Morgan fingerprint density at radius 1 is 0.857 bits per heavy atom. The van der Waals surface area contributed by atoms with Gasteiger partial charge in [0, 0.05) is 15.4 Å². The van der Waals surface area contributed by atoms with E-state index in [2.05, 4.69) is 57.9 Å². The number of halogens is 2. The van der Waals surface area contributed by atoms with Gasteiger partial charge in [0.05, 0.1) is 5.52 Å². The molecule has 3 aromatic rings. The van der Waals surface area contributed by atoms with Crippen LogP contribution in [0.3, 0.4) is 0 Å². The van der Waals surface area contributed by atoms with Crippen molar-refractivity contribution in [3.8, 4) is 11.4 Å². The molecule has 0 unspecified atom stereocenters. The molecule has 0 amide bonds. The highest BCUT2D eigenvalue weighted by molar-refractivity contribution is 9.10. The molecule has 3 rings (SSSR count). The maximum absolute atomic E-state index is 6.36. The third-order valence-corrected chi connectivity index (χ3v) is 4.22. The van der Waals surface area contributed by atoms with E-state index in [0.29, 0.717) is 11.0 Å². The van der Waals surface area contributed by atoms with Gasteiger partial charge in [0.25, 0.3) is 0 Å². The first-order valence-electron chi connectivity index (χ1n) is 6.66. The van der Waals surface area contributed by atoms with Crippen LogP contribution in [0.1, 0.15) is 16.7 Å². The number of fused-ring (bicyclic) bond motifs is 1. The van der Waals surface area contributed by atoms with Crippen molar-refractivity contribution in [2.75, 3.05) is 0 Å². The second kappa shape index (κ2) is 5.39. The molecule has 0 saturated carbocycles. The summed E-state index contributed by atoms with van der Waals surface area (Å²) in [6, 6.07) is 10.3. The summed E-state index contributed by atoms with van der Waals surface area (Å²) in [7, 11) is 0. The Kier molecular flexibility index (Phi) is 3.72. The summed E-state index contributed by atoms with van der Waals surface area (Å²) in [6.45, 7) is 6.16. The molecular formula is C17H14BrClN2. The van der Waals surface area contributed by atoms with Gasteiger partial charge >= 0.3 is 0 Å². The van der Waals surface area contributed by atoms with E-state index in [1.807, 2.05) is 19.1 Å². The van der Waals surface area contributed by atoms with Crippen LogP contribution >= 0.6 is 27.5 Å². The monoisotopic (exact) mass is 360 g/mol. The molecule has 106 valence electrons. The molecule has 0 N–H and O–H groups in total. The molecule has 0 aliphatic rings. The van der Waals surface area contributed by atoms with Crippen LogP contribution in [0.5, 0.6) is 0 Å². The van der Waals surface area contributed by atoms with Crippen LogP contribution in [0.4, 0.5) is 0 Å². The van der Waals surface area contributed by atoms with Gasteiger partial charge in [0.15, 0.2) is 5.82 Å². The summed E-state index contributed by atoms with van der Waals surface area (Å²) in [4.78, 5) is 9.16. The highest BCUT2D eigenvalue weighted by Gasteiger charge is 2.11. The minimum atomic E-state index is 0.485. The van der Waals surface area contributed by atoms with Gasteiger partial charge in [-0.05, 0) is 66.5 Å². The molecule has 1 heterocycles. The molecule has 2 nitrogen and oxygen atoms in total. The van der Waals surface area contributed by atoms with Crippen LogP contribution in [-0.4, -0.2) is 9.97 Å². The van der Waals surface area contributed by atoms with Gasteiger partial charge in [-0.2, -0.15) is 0 Å². The lowest BCUT2D eigenvalue weighted by molar-refractivity contribution is 1.21. The molecule has 0 bridgehead atoms. The molecule has 1 aromatic heterocycles. The largest absolute Gasteiger partial charge is 0.227 e. The van der Waals surface area contributed by atoms with E-state index >= 15 is 0 Å². The first-order chi connectivity index (χ1) is 9.94. The lowest BCUT2D eigenvalue weighted by Gasteiger charge is -2.08. The van der Waals surface area contributed by atoms with E-state index in [1.165, 1.54) is 11.1 Å². The number of hydrogen-bond acceptors (Lipinski definition) is 2. The standard InChI is InChI=1S/C17H14BrClN2/c1-9-4-10(2)6-12(5-9)17-20-15-13(16(19)21-17)7-11(3)8-14(15)18/h4-8H,1-3H3. The average molecular weight is 362 g/mol. The van der Waals surface area contributed by atoms with Crippen molar-refractivity contribution in [3.05, 3.63) is 56.6 Å². The molecule has 4 heteroatoms. The average Bonchev–Trinajstić information content (AvgIpc) is 2.38. The summed E-state index contributed by atoms with van der Waals surface area (Å²) in [5.74, 6) is 0.656. The van der Waals surface area contributed by atoms with Crippen LogP contribution in [0.2, 0.25) is 5.15 Å². The molecule has 0 fully saturated rings. The zero-order chi connectivity index (χ0) is 15.1. The molecular weight excluding hydrogens is 348 g/mol. The van der Waals surface area contributed by atoms with E-state index in [9.17, 15) is 0 Å². The Hall–Kier alpha value is -1.45. The topological polar surface area (TPSA) is 25.8 Å². The number of rotatable bonds is 1. The van der Waals surface area contributed by atoms with Gasteiger partial charge in [-0.15, -0.1) is 0 Å². The van der Waals surface area contributed by atoms with Gasteiger partial charge in [-0.1, -0.05) is 28.8 Å². The van der Waals surface area contributed by atoms with E-state index in [0.717, 1.165) is 26.5 Å². The van der Waals surface area contributed by atoms with Crippen molar-refractivity contribution >= 4 is 38.4 Å². The Morgan fingerprint density at radius 3 is 2.14 bits per heavy atom. The normalized spacial score (nSPS) is 11.1. The third-order valence-electron chi connectivity index (χ3n) is 3.33. The Labute approximate surface area is 137 Å². The summed E-state index contributed by atoms with van der Waals surface area (Å²) in [5.41, 5.74) is 5.33. The quantitative estimate of drug-likeness (QED) is 0.524. The number of aryl methyl sites for hydroxylation is 3. The number of nitrogens with zero attached hydrogens (tertiary/aromatic N) is 2. The second-order valence-electron chi connectivity index (χ2n) is 5.36. The second-order valence-corrected chi connectivity index (χ2v) is 6.57. The first kappa shape index (κ1) is 14.5. The van der Waals surface area contributed by atoms with Crippen molar-refractivity contribution in [2.45, 2.75) is 20.8 Å². The van der Waals surface area contributed by atoms with Crippen LogP contribution in [0.25, 0.3) is 22.3 Å². The van der Waals surface area contributed by atoms with Crippen molar-refractivity contribution in [1.82, 2.24) is 9.97 Å². The molecule has 0 aliphatic heterocycles. The summed E-state index contributed by atoms with van der Waals surface area (Å²) < 4.78 is 0.937. The molecule has 21 heavy (non-hydrogen) atoms. The predicted molar refractivity (Wildman–Crippen MR) is 91.9 cm³/mol. The van der Waals surface area contributed by atoms with Gasteiger partial charge in [-0.3, -0.25) is 0 Å². The minimum absolute atomic E-state index is 0.485. The van der Waals surface area contributed by atoms with Crippen molar-refractivity contribution in [2.24, 2.45) is 0 Å². The van der Waals surface area contributed by atoms with Crippen LogP contribution < -0.4 is 0 Å². The Balaban J connectivity index is 2.30. The van der Waals surface area contributed by atoms with E-state index in [1.54, 1.807) is 0 Å². The highest BCUT2D eigenvalue weighted by atomic mass is 79.9. The third kappa shape index (κ3) is 2.81. The van der Waals surface area contributed by atoms with E-state index in [4.69, 9.17) is 11.6 Å². The van der Waals surface area contributed by atoms with Crippen molar-refractivity contribution in [1.29, 1.82) is 0 Å². The summed E-state index contributed by atoms with van der Waals surface area (Å²) in [5, 5.41) is 1.36. The number of benzene rings is 2. The predicted octanol–water partition coefficient (Wildman–Crippen LogP) is 5.64. The van der Waals surface area contributed by atoms with Gasteiger partial charge in [0.1, 0.15) is 5.15 Å². The smallest absolute Gasteiger partial charge is 0.161 e. The fourth-order valence-corrected chi connectivity index (χ4v) is 3.41. The zero-order valence-corrected chi connectivity index (χ0v) is 14.4. The van der Waals surface area contributed by atoms with Gasteiger partial charge in [0.2, 0.25) is 0 Å². The fourth-order valence-electron chi connectivity index (χ4n) is 2.52. The first-order valence-corrected chi connectivity index (χ1v) is 7.83. The number of aromatic nitrogens is 2. The van der Waals surface area contributed by atoms with Crippen LogP contribution in [0.15, 0.2) is 34.8 Å². The summed E-state index contributed by atoms with van der Waals surface area (Å²) >= 11 is 9.93. The minimum Gasteiger partial charge on any atom is -0.227 e. The fraction of sp³-hybridized carbons (Fsp3) is 0.176. The van der Waals surface area contributed by atoms with Crippen molar-refractivity contribution in [3.63, 3.8) is 0 Å².